The van der Waals surface area contributed by atoms with Gasteiger partial charge < -0.3 is 14.6 Å². The number of carbonyl (C=O) groups excluding carboxylic acids is 2. The summed E-state index contributed by atoms with van der Waals surface area (Å²) in [4.78, 5) is 30.3. The van der Waals surface area contributed by atoms with Crippen LogP contribution in [0.15, 0.2) is 28.2 Å². The van der Waals surface area contributed by atoms with Crippen molar-refractivity contribution in [3.05, 3.63) is 35.2 Å². The van der Waals surface area contributed by atoms with Gasteiger partial charge in [0.15, 0.2) is 10.9 Å². The van der Waals surface area contributed by atoms with Gasteiger partial charge in [-0.2, -0.15) is 0 Å². The van der Waals surface area contributed by atoms with E-state index in [1.807, 2.05) is 12.3 Å². The fourth-order valence-electron chi connectivity index (χ4n) is 2.10. The molecule has 0 radical (unpaired) electrons. The van der Waals surface area contributed by atoms with Crippen LogP contribution in [0.2, 0.25) is 0 Å². The minimum atomic E-state index is -0.267. The largest absolute Gasteiger partial charge is 0.459 e. The van der Waals surface area contributed by atoms with Crippen LogP contribution in [0.5, 0.6) is 0 Å². The maximum Gasteiger partial charge on any atom is 0.290 e. The molecule has 23 heavy (non-hydrogen) atoms. The summed E-state index contributed by atoms with van der Waals surface area (Å²) < 4.78 is 5.15. The van der Waals surface area contributed by atoms with E-state index in [1.165, 1.54) is 22.5 Å². The summed E-state index contributed by atoms with van der Waals surface area (Å²) in [6.45, 7) is 4.47. The number of hydrogen-bond acceptors (Lipinski definition) is 5. The van der Waals surface area contributed by atoms with Gasteiger partial charge in [0, 0.05) is 11.9 Å². The lowest BCUT2D eigenvalue weighted by Gasteiger charge is -2.20. The highest BCUT2D eigenvalue weighted by Gasteiger charge is 2.21. The van der Waals surface area contributed by atoms with E-state index < -0.39 is 0 Å². The Labute approximate surface area is 139 Å². The second kappa shape index (κ2) is 8.47. The molecule has 2 aromatic rings. The number of thiazole rings is 1. The van der Waals surface area contributed by atoms with Crippen molar-refractivity contribution in [1.82, 2.24) is 9.88 Å². The number of carbonyl (C=O) groups is 2. The average Bonchev–Trinajstić information content (AvgIpc) is 3.17. The summed E-state index contributed by atoms with van der Waals surface area (Å²) in [5, 5.41) is 5.14. The zero-order valence-electron chi connectivity index (χ0n) is 13.4. The number of aryl methyl sites for hydroxylation is 1. The molecule has 0 atom stereocenters. The molecular weight excluding hydrogens is 314 g/mol. The summed E-state index contributed by atoms with van der Waals surface area (Å²) in [6.07, 6.45) is 4.37. The minimum Gasteiger partial charge on any atom is -0.459 e. The zero-order valence-corrected chi connectivity index (χ0v) is 14.2. The van der Waals surface area contributed by atoms with E-state index >= 15 is 0 Å². The van der Waals surface area contributed by atoms with Gasteiger partial charge in [0.1, 0.15) is 6.54 Å². The predicted octanol–water partition coefficient (Wildman–Crippen LogP) is 3.32. The molecule has 124 valence electrons. The highest BCUT2D eigenvalue weighted by atomic mass is 32.1. The van der Waals surface area contributed by atoms with Crippen LogP contribution in [-0.4, -0.2) is 34.8 Å². The van der Waals surface area contributed by atoms with Crippen molar-refractivity contribution >= 4 is 28.3 Å². The predicted molar refractivity (Wildman–Crippen MR) is 89.6 cm³/mol. The Morgan fingerprint density at radius 3 is 2.83 bits per heavy atom. The number of hydrogen-bond donors (Lipinski definition) is 1. The molecule has 2 amide bonds. The molecule has 0 bridgehead atoms. The molecule has 0 aliphatic rings. The SMILES string of the molecule is CCCCCN(CC(=O)Nc1nc(C)cs1)C(=O)c1ccco1. The first kappa shape index (κ1) is 17.2. The third kappa shape index (κ3) is 5.21. The maximum absolute atomic E-state index is 12.4. The molecule has 0 saturated heterocycles. The van der Waals surface area contributed by atoms with E-state index in [1.54, 1.807) is 12.1 Å². The van der Waals surface area contributed by atoms with Crippen molar-refractivity contribution < 1.29 is 14.0 Å². The Hall–Kier alpha value is -2.15. The minimum absolute atomic E-state index is 0.0120. The topological polar surface area (TPSA) is 75.4 Å². The standard InChI is InChI=1S/C16H21N3O3S/c1-3-4-5-8-19(15(21)13-7-6-9-22-13)10-14(20)18-16-17-12(2)11-23-16/h6-7,9,11H,3-5,8,10H2,1-2H3,(H,17,18,20). The Morgan fingerprint density at radius 2 is 2.22 bits per heavy atom. The van der Waals surface area contributed by atoms with E-state index in [4.69, 9.17) is 4.42 Å². The summed E-state index contributed by atoms with van der Waals surface area (Å²) in [7, 11) is 0. The monoisotopic (exact) mass is 335 g/mol. The van der Waals surface area contributed by atoms with Gasteiger partial charge in [0.2, 0.25) is 5.91 Å². The molecule has 0 aliphatic carbocycles. The molecule has 7 heteroatoms. The maximum atomic E-state index is 12.4. The zero-order chi connectivity index (χ0) is 16.7. The fraction of sp³-hybridized carbons (Fsp3) is 0.438. The van der Waals surface area contributed by atoms with Crippen molar-refractivity contribution in [2.75, 3.05) is 18.4 Å². The smallest absolute Gasteiger partial charge is 0.290 e. The van der Waals surface area contributed by atoms with Gasteiger partial charge in [-0.15, -0.1) is 11.3 Å². The fourth-order valence-corrected chi connectivity index (χ4v) is 2.81. The van der Waals surface area contributed by atoms with Gasteiger partial charge in [0.25, 0.3) is 5.91 Å². The van der Waals surface area contributed by atoms with E-state index in [2.05, 4.69) is 17.2 Å². The Bertz CT molecular complexity index is 637. The van der Waals surface area contributed by atoms with Crippen LogP contribution in [-0.2, 0) is 4.79 Å². The first-order valence-corrected chi connectivity index (χ1v) is 8.53. The van der Waals surface area contributed by atoms with Crippen molar-refractivity contribution in [3.63, 3.8) is 0 Å². The molecule has 0 unspecified atom stereocenters. The lowest BCUT2D eigenvalue weighted by atomic mass is 10.2. The Kier molecular flexibility index (Phi) is 6.34. The lowest BCUT2D eigenvalue weighted by Crippen LogP contribution is -2.38. The normalized spacial score (nSPS) is 10.5. The number of aromatic nitrogens is 1. The van der Waals surface area contributed by atoms with Gasteiger partial charge in [-0.25, -0.2) is 4.98 Å². The van der Waals surface area contributed by atoms with E-state index in [0.29, 0.717) is 11.7 Å². The average molecular weight is 335 g/mol. The van der Waals surface area contributed by atoms with Crippen molar-refractivity contribution in [2.45, 2.75) is 33.1 Å². The molecule has 0 saturated carbocycles. The van der Waals surface area contributed by atoms with Crippen LogP contribution in [0.25, 0.3) is 0 Å². The van der Waals surface area contributed by atoms with E-state index in [0.717, 1.165) is 25.0 Å². The van der Waals surface area contributed by atoms with E-state index in [-0.39, 0.29) is 24.1 Å². The van der Waals surface area contributed by atoms with Crippen LogP contribution in [0.1, 0.15) is 42.4 Å². The summed E-state index contributed by atoms with van der Waals surface area (Å²) in [5.41, 5.74) is 0.858. The molecule has 0 aromatic carbocycles. The third-order valence-corrected chi connectivity index (χ3v) is 4.13. The lowest BCUT2D eigenvalue weighted by molar-refractivity contribution is -0.116. The van der Waals surface area contributed by atoms with Crippen molar-refractivity contribution in [1.29, 1.82) is 0 Å². The van der Waals surface area contributed by atoms with Crippen LogP contribution < -0.4 is 5.32 Å². The van der Waals surface area contributed by atoms with Gasteiger partial charge in [-0.05, 0) is 25.5 Å². The summed E-state index contributed by atoms with van der Waals surface area (Å²) >= 11 is 1.37. The molecule has 2 rings (SSSR count). The highest BCUT2D eigenvalue weighted by Crippen LogP contribution is 2.14. The first-order valence-electron chi connectivity index (χ1n) is 7.65. The summed E-state index contributed by atoms with van der Waals surface area (Å²) in [5.74, 6) is -0.272. The summed E-state index contributed by atoms with van der Waals surface area (Å²) in [6, 6.07) is 3.27. The Morgan fingerprint density at radius 1 is 1.39 bits per heavy atom. The third-order valence-electron chi connectivity index (χ3n) is 3.25. The van der Waals surface area contributed by atoms with Gasteiger partial charge in [0.05, 0.1) is 12.0 Å². The number of unbranched alkanes of at least 4 members (excludes halogenated alkanes) is 2. The second-order valence-electron chi connectivity index (χ2n) is 5.25. The quantitative estimate of drug-likeness (QED) is 0.751. The number of amides is 2. The number of rotatable bonds is 8. The molecular formula is C16H21N3O3S. The number of nitrogens with zero attached hydrogens (tertiary/aromatic N) is 2. The molecule has 0 spiro atoms. The van der Waals surface area contributed by atoms with E-state index in [9.17, 15) is 9.59 Å². The van der Waals surface area contributed by atoms with Crippen LogP contribution >= 0.6 is 11.3 Å². The molecule has 0 fully saturated rings. The van der Waals surface area contributed by atoms with Crippen LogP contribution in [0, 0.1) is 6.92 Å². The molecule has 2 heterocycles. The van der Waals surface area contributed by atoms with Gasteiger partial charge in [-0.1, -0.05) is 19.8 Å². The van der Waals surface area contributed by atoms with Crippen molar-refractivity contribution in [2.24, 2.45) is 0 Å². The second-order valence-corrected chi connectivity index (χ2v) is 6.11. The molecule has 6 nitrogen and oxygen atoms in total. The highest BCUT2D eigenvalue weighted by molar-refractivity contribution is 7.13. The number of nitrogens with one attached hydrogen (secondary N) is 1. The number of anilines is 1. The first-order chi connectivity index (χ1) is 11.1. The Balaban J connectivity index is 1.98. The van der Waals surface area contributed by atoms with Gasteiger partial charge in [-0.3, -0.25) is 9.59 Å². The number of furan rings is 1. The van der Waals surface area contributed by atoms with Crippen LogP contribution in [0.4, 0.5) is 5.13 Å². The molecule has 1 N–H and O–H groups in total. The van der Waals surface area contributed by atoms with Crippen LogP contribution in [0.3, 0.4) is 0 Å². The molecule has 0 aliphatic heterocycles. The molecule has 2 aromatic heterocycles. The van der Waals surface area contributed by atoms with Gasteiger partial charge >= 0.3 is 0 Å². The van der Waals surface area contributed by atoms with Crippen molar-refractivity contribution in [3.8, 4) is 0 Å².